The van der Waals surface area contributed by atoms with Gasteiger partial charge in [0.25, 0.3) is 0 Å². The fraction of sp³-hybridized carbons (Fsp3) is 0.625. The van der Waals surface area contributed by atoms with E-state index in [-0.39, 0.29) is 0 Å². The zero-order valence-electron chi connectivity index (χ0n) is 7.13. The summed E-state index contributed by atoms with van der Waals surface area (Å²) in [4.78, 5) is 10.9. The lowest BCUT2D eigenvalue weighted by Crippen LogP contribution is -2.36. The molecule has 0 aromatic rings. The highest BCUT2D eigenvalue weighted by Crippen LogP contribution is 2.13. The summed E-state index contributed by atoms with van der Waals surface area (Å²) in [6.45, 7) is 3.46. The zero-order valence-corrected chi connectivity index (χ0v) is 7.13. The fourth-order valence-electron chi connectivity index (χ4n) is 0.783. The molecule has 1 atom stereocenters. The molecule has 1 N–H and O–H groups in total. The molecule has 0 heterocycles. The Labute approximate surface area is 66.7 Å². The quantitative estimate of drug-likeness (QED) is 0.490. The van der Waals surface area contributed by atoms with E-state index in [2.05, 4.69) is 4.74 Å². The van der Waals surface area contributed by atoms with E-state index in [9.17, 15) is 9.90 Å². The molecule has 64 valence electrons. The van der Waals surface area contributed by atoms with Gasteiger partial charge >= 0.3 is 5.97 Å². The molecule has 0 saturated carbocycles. The maximum Gasteiger partial charge on any atom is 0.341 e. The van der Waals surface area contributed by atoms with Crippen molar-refractivity contribution < 1.29 is 14.6 Å². The molecule has 3 nitrogen and oxygen atoms in total. The highest BCUT2D eigenvalue weighted by Gasteiger charge is 2.31. The van der Waals surface area contributed by atoms with Gasteiger partial charge in [-0.1, -0.05) is 13.0 Å². The summed E-state index contributed by atoms with van der Waals surface area (Å²) in [6.07, 6.45) is 3.38. The van der Waals surface area contributed by atoms with Crippen molar-refractivity contribution in [2.75, 3.05) is 7.11 Å². The Bertz CT molecular complexity index is 163. The number of methoxy groups -OCH3 is 1. The Morgan fingerprint density at radius 2 is 2.27 bits per heavy atom. The van der Waals surface area contributed by atoms with Crippen LogP contribution in [-0.4, -0.2) is 23.8 Å². The van der Waals surface area contributed by atoms with Gasteiger partial charge in [-0.15, -0.1) is 0 Å². The van der Waals surface area contributed by atoms with Crippen molar-refractivity contribution in [2.24, 2.45) is 0 Å². The molecule has 0 amide bonds. The molecule has 0 radical (unpaired) electrons. The van der Waals surface area contributed by atoms with E-state index in [4.69, 9.17) is 0 Å². The average molecular weight is 158 g/mol. The third kappa shape index (κ3) is 2.35. The number of rotatable bonds is 3. The van der Waals surface area contributed by atoms with Crippen LogP contribution in [0, 0.1) is 0 Å². The van der Waals surface area contributed by atoms with E-state index in [1.54, 1.807) is 19.9 Å². The summed E-state index contributed by atoms with van der Waals surface area (Å²) in [5, 5.41) is 9.53. The third-order valence-electron chi connectivity index (χ3n) is 1.52. The molecular weight excluding hydrogens is 144 g/mol. The van der Waals surface area contributed by atoms with Crippen LogP contribution in [0.25, 0.3) is 0 Å². The number of ether oxygens (including phenoxy) is 1. The smallest absolute Gasteiger partial charge is 0.341 e. The van der Waals surface area contributed by atoms with Crippen LogP contribution in [0.3, 0.4) is 0 Å². The summed E-state index contributed by atoms with van der Waals surface area (Å²) >= 11 is 0. The summed E-state index contributed by atoms with van der Waals surface area (Å²) in [7, 11) is 1.26. The van der Waals surface area contributed by atoms with Crippen molar-refractivity contribution in [1.82, 2.24) is 0 Å². The highest BCUT2D eigenvalue weighted by molar-refractivity contribution is 5.81. The summed E-state index contributed by atoms with van der Waals surface area (Å²) in [6, 6.07) is 0. The molecule has 0 aliphatic heterocycles. The largest absolute Gasteiger partial charge is 0.467 e. The number of hydrogen-bond acceptors (Lipinski definition) is 3. The molecule has 1 unspecified atom stereocenters. The lowest BCUT2D eigenvalue weighted by molar-refractivity contribution is -0.157. The van der Waals surface area contributed by atoms with Gasteiger partial charge in [-0.3, -0.25) is 0 Å². The molecule has 0 saturated heterocycles. The lowest BCUT2D eigenvalue weighted by Gasteiger charge is -2.18. The number of hydrogen-bond donors (Lipinski definition) is 1. The molecule has 11 heavy (non-hydrogen) atoms. The Hall–Kier alpha value is -0.830. The highest BCUT2D eigenvalue weighted by atomic mass is 16.5. The molecule has 0 bridgehead atoms. The molecule has 0 aromatic heterocycles. The van der Waals surface area contributed by atoms with Crippen molar-refractivity contribution in [3.05, 3.63) is 12.2 Å². The summed E-state index contributed by atoms with van der Waals surface area (Å²) in [5.74, 6) is -0.613. The van der Waals surface area contributed by atoms with Gasteiger partial charge in [0.05, 0.1) is 7.11 Å². The van der Waals surface area contributed by atoms with Gasteiger partial charge in [-0.25, -0.2) is 4.79 Å². The number of esters is 1. The first-order chi connectivity index (χ1) is 5.10. The number of carbonyl (C=O) groups excluding carboxylic acids is 1. The predicted molar refractivity (Wildman–Crippen MR) is 42.1 cm³/mol. The van der Waals surface area contributed by atoms with Gasteiger partial charge in [0.1, 0.15) is 0 Å². The van der Waals surface area contributed by atoms with Crippen molar-refractivity contribution in [1.29, 1.82) is 0 Å². The standard InChI is InChI=1S/C8H14O3/c1-4-6-8(10,5-2)7(9)11-3/h4,6,10H,5H2,1-3H3. The van der Waals surface area contributed by atoms with E-state index in [1.807, 2.05) is 0 Å². The first-order valence-electron chi connectivity index (χ1n) is 3.55. The van der Waals surface area contributed by atoms with Crippen LogP contribution in [0.5, 0.6) is 0 Å². The van der Waals surface area contributed by atoms with Crippen LogP contribution >= 0.6 is 0 Å². The van der Waals surface area contributed by atoms with Crippen LogP contribution in [0.2, 0.25) is 0 Å². The normalized spacial score (nSPS) is 16.4. The maximum atomic E-state index is 10.9. The Balaban J connectivity index is 4.45. The first-order valence-corrected chi connectivity index (χ1v) is 3.55. The molecule has 3 heteroatoms. The van der Waals surface area contributed by atoms with E-state index >= 15 is 0 Å². The van der Waals surface area contributed by atoms with Crippen LogP contribution in [0.4, 0.5) is 0 Å². The Morgan fingerprint density at radius 1 is 1.73 bits per heavy atom. The predicted octanol–water partition coefficient (Wildman–Crippen LogP) is 0.877. The first kappa shape index (κ1) is 10.2. The van der Waals surface area contributed by atoms with Gasteiger partial charge in [0.15, 0.2) is 5.60 Å². The number of allylic oxidation sites excluding steroid dienone is 1. The average Bonchev–Trinajstić information content (AvgIpc) is 2.03. The monoisotopic (exact) mass is 158 g/mol. The second-order valence-corrected chi connectivity index (χ2v) is 2.27. The molecule has 0 aliphatic carbocycles. The van der Waals surface area contributed by atoms with Crippen LogP contribution in [-0.2, 0) is 9.53 Å². The van der Waals surface area contributed by atoms with Gasteiger partial charge < -0.3 is 9.84 Å². The van der Waals surface area contributed by atoms with E-state index in [1.165, 1.54) is 13.2 Å². The van der Waals surface area contributed by atoms with Crippen LogP contribution < -0.4 is 0 Å². The van der Waals surface area contributed by atoms with E-state index in [0.29, 0.717) is 6.42 Å². The van der Waals surface area contributed by atoms with E-state index in [0.717, 1.165) is 0 Å². The minimum atomic E-state index is -1.44. The van der Waals surface area contributed by atoms with E-state index < -0.39 is 11.6 Å². The Morgan fingerprint density at radius 3 is 2.55 bits per heavy atom. The topological polar surface area (TPSA) is 46.5 Å². The number of carbonyl (C=O) groups is 1. The van der Waals surface area contributed by atoms with Crippen molar-refractivity contribution in [3.8, 4) is 0 Å². The summed E-state index contributed by atoms with van der Waals surface area (Å²) in [5.41, 5.74) is -1.44. The van der Waals surface area contributed by atoms with Gasteiger partial charge in [0, 0.05) is 0 Å². The van der Waals surface area contributed by atoms with Gasteiger partial charge in [0.2, 0.25) is 0 Å². The van der Waals surface area contributed by atoms with Crippen LogP contribution in [0.15, 0.2) is 12.2 Å². The van der Waals surface area contributed by atoms with Crippen molar-refractivity contribution in [2.45, 2.75) is 25.9 Å². The third-order valence-corrected chi connectivity index (χ3v) is 1.52. The molecule has 0 aromatic carbocycles. The second kappa shape index (κ2) is 4.13. The second-order valence-electron chi connectivity index (χ2n) is 2.27. The fourth-order valence-corrected chi connectivity index (χ4v) is 0.783. The molecule has 0 aliphatic rings. The molecule has 0 rings (SSSR count). The van der Waals surface area contributed by atoms with Gasteiger partial charge in [-0.05, 0) is 19.4 Å². The SMILES string of the molecule is CC=CC(O)(CC)C(=O)OC. The molecular formula is C8H14O3. The Kier molecular flexibility index (Phi) is 3.82. The molecule has 0 fully saturated rings. The van der Waals surface area contributed by atoms with Crippen molar-refractivity contribution >= 4 is 5.97 Å². The molecule has 0 spiro atoms. The van der Waals surface area contributed by atoms with Gasteiger partial charge in [-0.2, -0.15) is 0 Å². The number of aliphatic hydroxyl groups is 1. The summed E-state index contributed by atoms with van der Waals surface area (Å²) < 4.78 is 4.42. The minimum absolute atomic E-state index is 0.323. The zero-order chi connectivity index (χ0) is 8.91. The van der Waals surface area contributed by atoms with Crippen LogP contribution in [0.1, 0.15) is 20.3 Å². The maximum absolute atomic E-state index is 10.9. The van der Waals surface area contributed by atoms with Crippen molar-refractivity contribution in [3.63, 3.8) is 0 Å². The minimum Gasteiger partial charge on any atom is -0.467 e. The lowest BCUT2D eigenvalue weighted by atomic mass is 10.0.